The van der Waals surface area contributed by atoms with Crippen molar-refractivity contribution >= 4 is 11.3 Å². The zero-order chi connectivity index (χ0) is 11.8. The molecule has 3 nitrogen and oxygen atoms in total. The van der Waals surface area contributed by atoms with Crippen LogP contribution in [0.2, 0.25) is 0 Å². The van der Waals surface area contributed by atoms with E-state index in [0.717, 1.165) is 23.4 Å². The summed E-state index contributed by atoms with van der Waals surface area (Å²) >= 11 is 1.82. The normalized spacial score (nSPS) is 31.3. The van der Waals surface area contributed by atoms with Gasteiger partial charge in [0.1, 0.15) is 0 Å². The highest BCUT2D eigenvalue weighted by Crippen LogP contribution is 2.53. The van der Waals surface area contributed by atoms with Crippen LogP contribution in [0.1, 0.15) is 47.2 Å². The molecule has 3 unspecified atom stereocenters. The van der Waals surface area contributed by atoms with Crippen molar-refractivity contribution in [3.8, 4) is 0 Å². The molecule has 94 valence electrons. The average Bonchev–Trinajstić information content (AvgIpc) is 3.02. The van der Waals surface area contributed by atoms with E-state index in [1.807, 2.05) is 11.3 Å². The predicted molar refractivity (Wildman–Crippen MR) is 68.9 cm³/mol. The number of rotatable bonds is 4. The lowest BCUT2D eigenvalue weighted by Gasteiger charge is -2.18. The Labute approximate surface area is 106 Å². The van der Waals surface area contributed by atoms with Gasteiger partial charge in [-0.3, -0.25) is 0 Å². The molecule has 0 amide bonds. The van der Waals surface area contributed by atoms with E-state index in [1.54, 1.807) is 7.11 Å². The molecule has 1 aromatic heterocycles. The monoisotopic (exact) mass is 252 g/mol. The van der Waals surface area contributed by atoms with Crippen LogP contribution in [0.15, 0.2) is 0 Å². The third kappa shape index (κ3) is 2.02. The van der Waals surface area contributed by atoms with Gasteiger partial charge in [-0.05, 0) is 31.1 Å². The number of fused-ring (bicyclic) bond motifs is 2. The molecular weight excluding hydrogens is 232 g/mol. The predicted octanol–water partition coefficient (Wildman–Crippen LogP) is 2.65. The zero-order valence-electron chi connectivity index (χ0n) is 10.3. The molecule has 0 aliphatic heterocycles. The smallest absolute Gasteiger partial charge is 0.0966 e. The third-order valence-electron chi connectivity index (χ3n) is 4.32. The van der Waals surface area contributed by atoms with Crippen LogP contribution < -0.4 is 5.73 Å². The van der Waals surface area contributed by atoms with E-state index in [-0.39, 0.29) is 0 Å². The van der Waals surface area contributed by atoms with Gasteiger partial charge in [0.2, 0.25) is 0 Å². The van der Waals surface area contributed by atoms with Crippen LogP contribution in [0.3, 0.4) is 0 Å². The molecule has 1 heterocycles. The molecule has 2 aliphatic rings. The molecule has 2 aliphatic carbocycles. The van der Waals surface area contributed by atoms with E-state index in [0.29, 0.717) is 13.2 Å². The summed E-state index contributed by atoms with van der Waals surface area (Å²) in [5.41, 5.74) is 6.85. The van der Waals surface area contributed by atoms with E-state index in [4.69, 9.17) is 15.5 Å². The summed E-state index contributed by atoms with van der Waals surface area (Å²) in [6, 6.07) is 0. The van der Waals surface area contributed by atoms with Gasteiger partial charge in [-0.15, -0.1) is 11.3 Å². The van der Waals surface area contributed by atoms with Crippen molar-refractivity contribution in [2.45, 2.75) is 44.8 Å². The summed E-state index contributed by atoms with van der Waals surface area (Å²) in [5, 5.41) is 1.32. The first-order valence-corrected chi connectivity index (χ1v) is 7.31. The van der Waals surface area contributed by atoms with Crippen molar-refractivity contribution in [2.24, 2.45) is 17.6 Å². The maximum atomic E-state index is 5.78. The molecule has 17 heavy (non-hydrogen) atoms. The van der Waals surface area contributed by atoms with Crippen LogP contribution in [0.5, 0.6) is 0 Å². The van der Waals surface area contributed by atoms with Gasteiger partial charge in [0.05, 0.1) is 17.3 Å². The molecule has 2 fully saturated rings. The second-order valence-electron chi connectivity index (χ2n) is 5.34. The number of aromatic nitrogens is 1. The number of hydrogen-bond acceptors (Lipinski definition) is 4. The van der Waals surface area contributed by atoms with Crippen molar-refractivity contribution in [3.05, 3.63) is 15.6 Å². The van der Waals surface area contributed by atoms with E-state index >= 15 is 0 Å². The minimum Gasteiger partial charge on any atom is -0.378 e. The number of nitrogens with two attached hydrogens (primary N) is 1. The molecule has 2 saturated carbocycles. The zero-order valence-corrected chi connectivity index (χ0v) is 11.1. The Kier molecular flexibility index (Phi) is 3.19. The first-order valence-electron chi connectivity index (χ1n) is 6.49. The van der Waals surface area contributed by atoms with Crippen LogP contribution in [0.25, 0.3) is 0 Å². The van der Waals surface area contributed by atoms with Crippen molar-refractivity contribution in [2.75, 3.05) is 7.11 Å². The van der Waals surface area contributed by atoms with Gasteiger partial charge in [0.15, 0.2) is 0 Å². The summed E-state index contributed by atoms with van der Waals surface area (Å²) in [4.78, 5) is 6.00. The lowest BCUT2D eigenvalue weighted by atomic mass is 9.89. The van der Waals surface area contributed by atoms with Crippen molar-refractivity contribution in [3.63, 3.8) is 0 Å². The van der Waals surface area contributed by atoms with Crippen LogP contribution >= 0.6 is 11.3 Å². The van der Waals surface area contributed by atoms with Gasteiger partial charge in [-0.25, -0.2) is 4.98 Å². The molecule has 0 spiro atoms. The highest BCUT2D eigenvalue weighted by Gasteiger charge is 2.41. The molecule has 1 aromatic rings. The minimum absolute atomic E-state index is 0.594. The fraction of sp³-hybridized carbons (Fsp3) is 0.769. The van der Waals surface area contributed by atoms with Crippen LogP contribution in [-0.2, 0) is 17.9 Å². The number of thiazole rings is 1. The molecule has 0 radical (unpaired) electrons. The summed E-state index contributed by atoms with van der Waals surface area (Å²) in [7, 11) is 1.72. The largest absolute Gasteiger partial charge is 0.378 e. The standard InChI is InChI=1S/C13H20N2OS/c1-16-7-11-12(6-14)17-13(15-11)10-5-8-2-3-9(10)4-8/h8-10H,2-7,14H2,1H3. The summed E-state index contributed by atoms with van der Waals surface area (Å²) < 4.78 is 5.20. The van der Waals surface area contributed by atoms with Crippen LogP contribution in [-0.4, -0.2) is 12.1 Å². The lowest BCUT2D eigenvalue weighted by Crippen LogP contribution is -2.08. The van der Waals surface area contributed by atoms with Crippen molar-refractivity contribution in [1.82, 2.24) is 4.98 Å². The molecule has 3 atom stereocenters. The highest BCUT2D eigenvalue weighted by atomic mass is 32.1. The van der Waals surface area contributed by atoms with Gasteiger partial charge in [-0.2, -0.15) is 0 Å². The molecule has 2 N–H and O–H groups in total. The fourth-order valence-corrected chi connectivity index (χ4v) is 4.67. The Hall–Kier alpha value is -0.450. The Morgan fingerprint density at radius 1 is 1.41 bits per heavy atom. The fourth-order valence-electron chi connectivity index (χ4n) is 3.52. The first kappa shape index (κ1) is 11.6. The second-order valence-corrected chi connectivity index (χ2v) is 6.46. The highest BCUT2D eigenvalue weighted by molar-refractivity contribution is 7.11. The Bertz CT molecular complexity index is 404. The number of ether oxygens (including phenoxy) is 1. The summed E-state index contributed by atoms with van der Waals surface area (Å²) in [6.07, 6.45) is 5.64. The van der Waals surface area contributed by atoms with Gasteiger partial charge in [-0.1, -0.05) is 6.42 Å². The molecule has 4 heteroatoms. The minimum atomic E-state index is 0.594. The average molecular weight is 252 g/mol. The van der Waals surface area contributed by atoms with Gasteiger partial charge < -0.3 is 10.5 Å². The molecule has 0 saturated heterocycles. The first-order chi connectivity index (χ1) is 8.31. The number of methoxy groups -OCH3 is 1. The van der Waals surface area contributed by atoms with Crippen molar-refractivity contribution in [1.29, 1.82) is 0 Å². The third-order valence-corrected chi connectivity index (χ3v) is 5.57. The maximum Gasteiger partial charge on any atom is 0.0966 e. The summed E-state index contributed by atoms with van der Waals surface area (Å²) in [5.74, 6) is 2.59. The van der Waals surface area contributed by atoms with Gasteiger partial charge in [0, 0.05) is 24.4 Å². The van der Waals surface area contributed by atoms with E-state index in [1.165, 1.54) is 35.6 Å². The number of nitrogens with zero attached hydrogens (tertiary/aromatic N) is 1. The van der Waals surface area contributed by atoms with Gasteiger partial charge >= 0.3 is 0 Å². The van der Waals surface area contributed by atoms with Crippen LogP contribution in [0.4, 0.5) is 0 Å². The molecular formula is C13H20N2OS. The topological polar surface area (TPSA) is 48.1 Å². The molecule has 0 aromatic carbocycles. The Morgan fingerprint density at radius 2 is 2.29 bits per heavy atom. The molecule has 3 rings (SSSR count). The SMILES string of the molecule is COCc1nc(C2CC3CCC2C3)sc1CN. The van der Waals surface area contributed by atoms with E-state index in [9.17, 15) is 0 Å². The van der Waals surface area contributed by atoms with Crippen LogP contribution in [0, 0.1) is 11.8 Å². The molecule has 2 bridgehead atoms. The van der Waals surface area contributed by atoms with Gasteiger partial charge in [0.25, 0.3) is 0 Å². The maximum absolute atomic E-state index is 5.78. The Balaban J connectivity index is 1.83. The lowest BCUT2D eigenvalue weighted by molar-refractivity contribution is 0.181. The quantitative estimate of drug-likeness (QED) is 0.896. The Morgan fingerprint density at radius 3 is 2.88 bits per heavy atom. The van der Waals surface area contributed by atoms with Crippen molar-refractivity contribution < 1.29 is 4.74 Å². The van der Waals surface area contributed by atoms with E-state index in [2.05, 4.69) is 0 Å². The van der Waals surface area contributed by atoms with E-state index < -0.39 is 0 Å². The second kappa shape index (κ2) is 4.67. The summed E-state index contributed by atoms with van der Waals surface area (Å²) in [6.45, 7) is 1.20. The number of hydrogen-bond donors (Lipinski definition) is 1.